The summed E-state index contributed by atoms with van der Waals surface area (Å²) >= 11 is 0. The number of hydrogen-bond acceptors (Lipinski definition) is 4. The van der Waals surface area contributed by atoms with Gasteiger partial charge in [0, 0.05) is 45.5 Å². The SMILES string of the molecule is Cn1cc(C(=O)N2CCN(CC(=O)NC3CCCCC3)CC2)cn1. The summed E-state index contributed by atoms with van der Waals surface area (Å²) in [5, 5.41) is 7.20. The Morgan fingerprint density at radius 3 is 2.50 bits per heavy atom. The van der Waals surface area contributed by atoms with Gasteiger partial charge in [-0.1, -0.05) is 19.3 Å². The van der Waals surface area contributed by atoms with Crippen LogP contribution in [-0.4, -0.2) is 70.2 Å². The molecule has 1 saturated carbocycles. The number of amides is 2. The van der Waals surface area contributed by atoms with Gasteiger partial charge in [0.15, 0.2) is 0 Å². The van der Waals surface area contributed by atoms with Gasteiger partial charge in [-0.2, -0.15) is 5.10 Å². The lowest BCUT2D eigenvalue weighted by Gasteiger charge is -2.34. The molecule has 1 aliphatic carbocycles. The van der Waals surface area contributed by atoms with Crippen LogP contribution in [0.4, 0.5) is 0 Å². The molecule has 2 amide bonds. The topological polar surface area (TPSA) is 70.5 Å². The number of hydrogen-bond donors (Lipinski definition) is 1. The quantitative estimate of drug-likeness (QED) is 0.877. The Bertz CT molecular complexity index is 571. The van der Waals surface area contributed by atoms with Crippen molar-refractivity contribution >= 4 is 11.8 Å². The largest absolute Gasteiger partial charge is 0.352 e. The van der Waals surface area contributed by atoms with E-state index in [1.165, 1.54) is 19.3 Å². The summed E-state index contributed by atoms with van der Waals surface area (Å²) < 4.78 is 1.64. The maximum Gasteiger partial charge on any atom is 0.257 e. The highest BCUT2D eigenvalue weighted by Crippen LogP contribution is 2.17. The summed E-state index contributed by atoms with van der Waals surface area (Å²) in [4.78, 5) is 28.5. The minimum atomic E-state index is 0.0226. The molecular formula is C17H27N5O2. The van der Waals surface area contributed by atoms with E-state index in [0.717, 1.165) is 25.9 Å². The lowest BCUT2D eigenvalue weighted by molar-refractivity contribution is -0.123. The van der Waals surface area contributed by atoms with Crippen LogP contribution in [0.25, 0.3) is 0 Å². The van der Waals surface area contributed by atoms with Crippen LogP contribution in [0.5, 0.6) is 0 Å². The number of carbonyl (C=O) groups is 2. The molecule has 0 bridgehead atoms. The lowest BCUT2D eigenvalue weighted by atomic mass is 9.95. The first-order valence-corrected chi connectivity index (χ1v) is 8.91. The van der Waals surface area contributed by atoms with Gasteiger partial charge in [0.2, 0.25) is 5.91 Å². The predicted molar refractivity (Wildman–Crippen MR) is 90.6 cm³/mol. The van der Waals surface area contributed by atoms with Crippen molar-refractivity contribution in [3.63, 3.8) is 0 Å². The molecule has 0 spiro atoms. The fourth-order valence-electron chi connectivity index (χ4n) is 3.55. The minimum absolute atomic E-state index is 0.0226. The molecule has 0 atom stereocenters. The van der Waals surface area contributed by atoms with E-state index in [9.17, 15) is 9.59 Å². The van der Waals surface area contributed by atoms with E-state index in [1.807, 2.05) is 4.90 Å². The molecule has 7 nitrogen and oxygen atoms in total. The van der Waals surface area contributed by atoms with E-state index in [1.54, 1.807) is 24.1 Å². The smallest absolute Gasteiger partial charge is 0.257 e. The predicted octanol–water partition coefficient (Wildman–Crippen LogP) is 0.627. The van der Waals surface area contributed by atoms with Gasteiger partial charge < -0.3 is 10.2 Å². The Morgan fingerprint density at radius 2 is 1.88 bits per heavy atom. The van der Waals surface area contributed by atoms with Gasteiger partial charge in [0.05, 0.1) is 18.3 Å². The second-order valence-electron chi connectivity index (χ2n) is 6.87. The Balaban J connectivity index is 1.41. The van der Waals surface area contributed by atoms with Crippen molar-refractivity contribution in [3.8, 4) is 0 Å². The van der Waals surface area contributed by atoms with Gasteiger partial charge in [-0.3, -0.25) is 19.2 Å². The van der Waals surface area contributed by atoms with E-state index in [4.69, 9.17) is 0 Å². The number of nitrogens with zero attached hydrogens (tertiary/aromatic N) is 4. The van der Waals surface area contributed by atoms with Crippen molar-refractivity contribution in [1.82, 2.24) is 24.9 Å². The number of carbonyl (C=O) groups excluding carboxylic acids is 2. The first kappa shape index (κ1) is 17.0. The third-order valence-corrected chi connectivity index (χ3v) is 4.95. The van der Waals surface area contributed by atoms with Crippen LogP contribution >= 0.6 is 0 Å². The van der Waals surface area contributed by atoms with Gasteiger partial charge in [0.25, 0.3) is 5.91 Å². The average molecular weight is 333 g/mol. The van der Waals surface area contributed by atoms with Crippen LogP contribution in [-0.2, 0) is 11.8 Å². The number of nitrogens with one attached hydrogen (secondary N) is 1. The second kappa shape index (κ2) is 7.79. The van der Waals surface area contributed by atoms with Crippen molar-refractivity contribution in [3.05, 3.63) is 18.0 Å². The summed E-state index contributed by atoms with van der Waals surface area (Å²) in [6.45, 7) is 3.23. The minimum Gasteiger partial charge on any atom is -0.352 e. The Hall–Kier alpha value is -1.89. The van der Waals surface area contributed by atoms with E-state index in [2.05, 4.69) is 15.3 Å². The molecule has 1 saturated heterocycles. The van der Waals surface area contributed by atoms with Crippen LogP contribution in [0, 0.1) is 0 Å². The van der Waals surface area contributed by atoms with Gasteiger partial charge in [0.1, 0.15) is 0 Å². The molecule has 0 unspecified atom stereocenters. The van der Waals surface area contributed by atoms with E-state index >= 15 is 0 Å². The average Bonchev–Trinajstić information content (AvgIpc) is 3.02. The molecule has 1 aromatic rings. The fraction of sp³-hybridized carbons (Fsp3) is 0.706. The van der Waals surface area contributed by atoms with Crippen LogP contribution in [0.1, 0.15) is 42.5 Å². The first-order chi connectivity index (χ1) is 11.6. The Labute approximate surface area is 143 Å². The van der Waals surface area contributed by atoms with Crippen molar-refractivity contribution in [2.75, 3.05) is 32.7 Å². The molecule has 0 radical (unpaired) electrons. The molecule has 2 aliphatic rings. The van der Waals surface area contributed by atoms with Crippen molar-refractivity contribution in [1.29, 1.82) is 0 Å². The highest BCUT2D eigenvalue weighted by Gasteiger charge is 2.24. The molecule has 7 heteroatoms. The Morgan fingerprint density at radius 1 is 1.17 bits per heavy atom. The van der Waals surface area contributed by atoms with Crippen LogP contribution < -0.4 is 5.32 Å². The highest BCUT2D eigenvalue weighted by atomic mass is 16.2. The molecule has 132 valence electrons. The summed E-state index contributed by atoms with van der Waals surface area (Å²) in [6, 6.07) is 0.361. The summed E-state index contributed by atoms with van der Waals surface area (Å²) in [6.07, 6.45) is 9.30. The van der Waals surface area contributed by atoms with Gasteiger partial charge in [-0.25, -0.2) is 0 Å². The van der Waals surface area contributed by atoms with Crippen molar-refractivity contribution < 1.29 is 9.59 Å². The summed E-state index contributed by atoms with van der Waals surface area (Å²) in [5.74, 6) is 0.142. The molecule has 0 aromatic carbocycles. The molecule has 1 aliphatic heterocycles. The number of aromatic nitrogens is 2. The van der Waals surface area contributed by atoms with Crippen molar-refractivity contribution in [2.24, 2.45) is 7.05 Å². The first-order valence-electron chi connectivity index (χ1n) is 8.91. The Kier molecular flexibility index (Phi) is 5.50. The third-order valence-electron chi connectivity index (χ3n) is 4.95. The molecule has 24 heavy (non-hydrogen) atoms. The summed E-state index contributed by atoms with van der Waals surface area (Å²) in [5.41, 5.74) is 0.626. The molecule has 1 N–H and O–H groups in total. The van der Waals surface area contributed by atoms with E-state index in [0.29, 0.717) is 31.2 Å². The zero-order valence-electron chi connectivity index (χ0n) is 14.4. The van der Waals surface area contributed by atoms with Gasteiger partial charge >= 0.3 is 0 Å². The zero-order valence-corrected chi connectivity index (χ0v) is 14.4. The second-order valence-corrected chi connectivity index (χ2v) is 6.87. The lowest BCUT2D eigenvalue weighted by Crippen LogP contribution is -2.52. The van der Waals surface area contributed by atoms with Crippen LogP contribution in [0.15, 0.2) is 12.4 Å². The number of piperazine rings is 1. The van der Waals surface area contributed by atoms with Gasteiger partial charge in [-0.05, 0) is 12.8 Å². The molecule has 3 rings (SSSR count). The third kappa shape index (κ3) is 4.35. The van der Waals surface area contributed by atoms with Crippen LogP contribution in [0.3, 0.4) is 0 Å². The normalized spacial score (nSPS) is 20.1. The van der Waals surface area contributed by atoms with E-state index in [-0.39, 0.29) is 11.8 Å². The summed E-state index contributed by atoms with van der Waals surface area (Å²) in [7, 11) is 1.81. The van der Waals surface area contributed by atoms with Gasteiger partial charge in [-0.15, -0.1) is 0 Å². The molecular weight excluding hydrogens is 306 g/mol. The monoisotopic (exact) mass is 333 g/mol. The maximum absolute atomic E-state index is 12.4. The number of aryl methyl sites for hydroxylation is 1. The molecule has 2 fully saturated rings. The van der Waals surface area contributed by atoms with Crippen molar-refractivity contribution in [2.45, 2.75) is 38.1 Å². The highest BCUT2D eigenvalue weighted by molar-refractivity contribution is 5.93. The number of rotatable bonds is 4. The molecule has 2 heterocycles. The maximum atomic E-state index is 12.4. The molecule has 1 aromatic heterocycles. The van der Waals surface area contributed by atoms with Crippen LogP contribution in [0.2, 0.25) is 0 Å². The standard InChI is InChI=1S/C17H27N5O2/c1-20-12-14(11-18-20)17(24)22-9-7-21(8-10-22)13-16(23)19-15-5-3-2-4-6-15/h11-12,15H,2-10,13H2,1H3,(H,19,23). The fourth-order valence-corrected chi connectivity index (χ4v) is 3.55. The van der Waals surface area contributed by atoms with E-state index < -0.39 is 0 Å². The zero-order chi connectivity index (χ0) is 16.9.